The Labute approximate surface area is 133 Å². The van der Waals surface area contributed by atoms with Gasteiger partial charge in [-0.05, 0) is 31.1 Å². The normalized spacial score (nSPS) is 17.4. The van der Waals surface area contributed by atoms with Gasteiger partial charge >= 0.3 is 6.03 Å². The summed E-state index contributed by atoms with van der Waals surface area (Å²) >= 11 is 1.58. The Morgan fingerprint density at radius 2 is 2.27 bits per heavy atom. The maximum atomic E-state index is 12.1. The van der Waals surface area contributed by atoms with Crippen molar-refractivity contribution < 1.29 is 4.79 Å². The molecule has 1 aliphatic rings. The molecule has 2 amide bonds. The monoisotopic (exact) mass is 319 g/mol. The predicted octanol–water partition coefficient (Wildman–Crippen LogP) is 3.76. The fourth-order valence-electron chi connectivity index (χ4n) is 2.67. The summed E-state index contributed by atoms with van der Waals surface area (Å²) in [6.07, 6.45) is 4.99. The molecule has 0 fully saturated rings. The van der Waals surface area contributed by atoms with Crippen LogP contribution >= 0.6 is 11.3 Å². The van der Waals surface area contributed by atoms with Gasteiger partial charge in [0.2, 0.25) is 0 Å². The van der Waals surface area contributed by atoms with Crippen molar-refractivity contribution in [1.82, 2.24) is 15.2 Å². The number of urea groups is 1. The number of anilines is 2. The molecule has 0 spiro atoms. The number of aryl methyl sites for hydroxylation is 1. The molecule has 2 heterocycles. The van der Waals surface area contributed by atoms with Gasteiger partial charge in [0.25, 0.3) is 0 Å². The average Bonchev–Trinajstić information content (AvgIpc) is 3.04. The zero-order valence-corrected chi connectivity index (χ0v) is 13.9. The third kappa shape index (κ3) is 3.14. The maximum Gasteiger partial charge on any atom is 0.326 e. The summed E-state index contributed by atoms with van der Waals surface area (Å²) in [6.45, 7) is 6.38. The van der Waals surface area contributed by atoms with E-state index >= 15 is 0 Å². The molecule has 1 unspecified atom stereocenters. The second kappa shape index (κ2) is 6.08. The van der Waals surface area contributed by atoms with E-state index in [1.54, 1.807) is 17.5 Å². The second-order valence-corrected chi connectivity index (χ2v) is 7.25. The van der Waals surface area contributed by atoms with Crippen LogP contribution in [0.25, 0.3) is 0 Å². The molecule has 118 valence electrons. The summed E-state index contributed by atoms with van der Waals surface area (Å²) in [5.74, 6) is 1.64. The Bertz CT molecular complexity index is 675. The molecule has 0 saturated carbocycles. The first-order valence-electron chi connectivity index (χ1n) is 7.62. The summed E-state index contributed by atoms with van der Waals surface area (Å²) in [5.41, 5.74) is 2.13. The number of nitrogens with one attached hydrogen (secondary N) is 3. The van der Waals surface area contributed by atoms with Gasteiger partial charge in [-0.3, -0.25) is 15.7 Å². The molecule has 3 rings (SSSR count). The number of hydrogen-bond acceptors (Lipinski definition) is 4. The van der Waals surface area contributed by atoms with E-state index in [4.69, 9.17) is 0 Å². The average molecular weight is 319 g/mol. The number of aromatic amines is 1. The summed E-state index contributed by atoms with van der Waals surface area (Å²) in [4.78, 5) is 18.0. The zero-order chi connectivity index (χ0) is 15.7. The minimum absolute atomic E-state index is 0.287. The maximum absolute atomic E-state index is 12.1. The number of amides is 2. The number of carbonyl (C=O) groups is 1. The van der Waals surface area contributed by atoms with Gasteiger partial charge in [-0.2, -0.15) is 5.10 Å². The largest absolute Gasteiger partial charge is 0.326 e. The third-order valence-corrected chi connectivity index (χ3v) is 4.97. The van der Waals surface area contributed by atoms with E-state index in [0.717, 1.165) is 24.1 Å². The van der Waals surface area contributed by atoms with Gasteiger partial charge in [0.15, 0.2) is 5.13 Å². The van der Waals surface area contributed by atoms with Crippen LogP contribution in [0.2, 0.25) is 0 Å². The van der Waals surface area contributed by atoms with Crippen molar-refractivity contribution in [3.8, 4) is 0 Å². The highest BCUT2D eigenvalue weighted by Crippen LogP contribution is 2.32. The first kappa shape index (κ1) is 15.0. The zero-order valence-electron chi connectivity index (χ0n) is 13.1. The lowest BCUT2D eigenvalue weighted by Crippen LogP contribution is -2.20. The second-order valence-electron chi connectivity index (χ2n) is 6.17. The molecule has 0 aromatic carbocycles. The Kier molecular flexibility index (Phi) is 4.15. The van der Waals surface area contributed by atoms with Gasteiger partial charge < -0.3 is 0 Å². The molecular weight excluding hydrogens is 298 g/mol. The van der Waals surface area contributed by atoms with Gasteiger partial charge in [-0.1, -0.05) is 20.8 Å². The summed E-state index contributed by atoms with van der Waals surface area (Å²) in [7, 11) is 0. The first-order chi connectivity index (χ1) is 10.5. The van der Waals surface area contributed by atoms with Crippen LogP contribution < -0.4 is 10.6 Å². The lowest BCUT2D eigenvalue weighted by atomic mass is 9.93. The molecule has 0 radical (unpaired) electrons. The van der Waals surface area contributed by atoms with E-state index in [9.17, 15) is 4.79 Å². The van der Waals surface area contributed by atoms with Crippen molar-refractivity contribution in [1.29, 1.82) is 0 Å². The van der Waals surface area contributed by atoms with Crippen LogP contribution in [0.15, 0.2) is 6.20 Å². The lowest BCUT2D eigenvalue weighted by Gasteiger charge is -2.15. The summed E-state index contributed by atoms with van der Waals surface area (Å²) in [6, 6.07) is -0.287. The Morgan fingerprint density at radius 3 is 3.05 bits per heavy atom. The lowest BCUT2D eigenvalue weighted by molar-refractivity contribution is 0.262. The molecule has 6 nitrogen and oxygen atoms in total. The van der Waals surface area contributed by atoms with Crippen LogP contribution in [0, 0.1) is 5.92 Å². The first-order valence-corrected chi connectivity index (χ1v) is 8.44. The number of aromatic nitrogens is 3. The Morgan fingerprint density at radius 1 is 1.45 bits per heavy atom. The van der Waals surface area contributed by atoms with Crippen molar-refractivity contribution in [2.45, 2.75) is 46.0 Å². The predicted molar refractivity (Wildman–Crippen MR) is 88.6 cm³/mol. The highest BCUT2D eigenvalue weighted by Gasteiger charge is 2.20. The van der Waals surface area contributed by atoms with Gasteiger partial charge in [0, 0.05) is 10.4 Å². The molecule has 3 N–H and O–H groups in total. The van der Waals surface area contributed by atoms with Gasteiger partial charge in [0.1, 0.15) is 5.82 Å². The van der Waals surface area contributed by atoms with Crippen molar-refractivity contribution in [2.75, 3.05) is 10.6 Å². The Hall–Kier alpha value is -1.89. The standard InChI is InChI=1S/C15H21N5OS/c1-8(2)10-7-16-20-13(10)18-14(21)19-15-17-11-5-4-9(3)6-12(11)22-15/h7-9H,4-6H2,1-3H3,(H3,16,17,18,19,20,21). The van der Waals surface area contributed by atoms with Crippen LogP contribution in [-0.4, -0.2) is 21.2 Å². The number of hydrogen-bond donors (Lipinski definition) is 3. The molecular formula is C15H21N5OS. The summed E-state index contributed by atoms with van der Waals surface area (Å²) < 4.78 is 0. The SMILES string of the molecule is CC1CCc2nc(NC(=O)Nc3[nH]ncc3C(C)C)sc2C1. The van der Waals surface area contributed by atoms with Crippen molar-refractivity contribution in [3.05, 3.63) is 22.3 Å². The highest BCUT2D eigenvalue weighted by atomic mass is 32.1. The van der Waals surface area contributed by atoms with Gasteiger partial charge in [-0.25, -0.2) is 9.78 Å². The van der Waals surface area contributed by atoms with Crippen molar-refractivity contribution >= 4 is 28.3 Å². The molecule has 0 saturated heterocycles. The molecule has 1 atom stereocenters. The van der Waals surface area contributed by atoms with Crippen molar-refractivity contribution in [2.24, 2.45) is 5.92 Å². The van der Waals surface area contributed by atoms with E-state index < -0.39 is 0 Å². The Balaban J connectivity index is 1.66. The van der Waals surface area contributed by atoms with E-state index in [0.29, 0.717) is 22.8 Å². The number of nitrogens with zero attached hydrogens (tertiary/aromatic N) is 2. The molecule has 7 heteroatoms. The molecule has 2 aromatic heterocycles. The fourth-order valence-corrected chi connectivity index (χ4v) is 3.83. The molecule has 0 aliphatic heterocycles. The van der Waals surface area contributed by atoms with Crippen LogP contribution in [0.5, 0.6) is 0 Å². The van der Waals surface area contributed by atoms with Crippen LogP contribution in [0.3, 0.4) is 0 Å². The molecule has 0 bridgehead atoms. The van der Waals surface area contributed by atoms with Crippen LogP contribution in [0.1, 0.15) is 49.2 Å². The smallest absolute Gasteiger partial charge is 0.292 e. The highest BCUT2D eigenvalue weighted by molar-refractivity contribution is 7.15. The quantitative estimate of drug-likeness (QED) is 0.805. The topological polar surface area (TPSA) is 82.7 Å². The molecule has 1 aliphatic carbocycles. The number of thiazole rings is 1. The minimum atomic E-state index is -0.287. The van der Waals surface area contributed by atoms with E-state index in [1.807, 2.05) is 0 Å². The number of fused-ring (bicyclic) bond motifs is 1. The summed E-state index contributed by atoms with van der Waals surface area (Å²) in [5, 5.41) is 13.1. The number of carbonyl (C=O) groups excluding carboxylic acids is 1. The van der Waals surface area contributed by atoms with E-state index in [-0.39, 0.29) is 6.03 Å². The van der Waals surface area contributed by atoms with Crippen LogP contribution in [0.4, 0.5) is 15.7 Å². The van der Waals surface area contributed by atoms with Crippen LogP contribution in [-0.2, 0) is 12.8 Å². The van der Waals surface area contributed by atoms with Gasteiger partial charge in [-0.15, -0.1) is 11.3 Å². The number of rotatable bonds is 3. The molecule has 2 aromatic rings. The molecule has 22 heavy (non-hydrogen) atoms. The third-order valence-electron chi connectivity index (χ3n) is 3.94. The van der Waals surface area contributed by atoms with Gasteiger partial charge in [0.05, 0.1) is 11.9 Å². The fraction of sp³-hybridized carbons (Fsp3) is 0.533. The number of H-pyrrole nitrogens is 1. The van der Waals surface area contributed by atoms with Crippen molar-refractivity contribution in [3.63, 3.8) is 0 Å². The minimum Gasteiger partial charge on any atom is -0.292 e. The van der Waals surface area contributed by atoms with E-state index in [1.165, 1.54) is 11.3 Å². The van der Waals surface area contributed by atoms with E-state index in [2.05, 4.69) is 46.6 Å².